The quantitative estimate of drug-likeness (QED) is 0.0877. The van der Waals surface area contributed by atoms with Gasteiger partial charge in [0.15, 0.2) is 0 Å². The minimum Gasteiger partial charge on any atom is -0.310 e. The van der Waals surface area contributed by atoms with Crippen LogP contribution in [0.1, 0.15) is 94.7 Å². The summed E-state index contributed by atoms with van der Waals surface area (Å²) < 4.78 is 0. The largest absolute Gasteiger partial charge is 0.310 e. The van der Waals surface area contributed by atoms with Gasteiger partial charge in [0.25, 0.3) is 0 Å². The summed E-state index contributed by atoms with van der Waals surface area (Å²) in [6.45, 7) is 8.64. The van der Waals surface area contributed by atoms with Crippen LogP contribution in [0.15, 0.2) is 158 Å². The molecule has 6 aromatic rings. The Labute approximate surface area is 318 Å². The Morgan fingerprint density at radius 2 is 0.811 bits per heavy atom. The van der Waals surface area contributed by atoms with Crippen LogP contribution in [0.5, 0.6) is 0 Å². The van der Waals surface area contributed by atoms with Gasteiger partial charge in [-0.05, 0) is 113 Å². The lowest BCUT2D eigenvalue weighted by Gasteiger charge is -2.35. The zero-order chi connectivity index (χ0) is 36.5. The first-order valence-electron chi connectivity index (χ1n) is 19.9. The molecule has 0 aliphatic heterocycles. The van der Waals surface area contributed by atoms with Gasteiger partial charge in [-0.3, -0.25) is 0 Å². The highest BCUT2D eigenvalue weighted by molar-refractivity contribution is 5.88. The normalized spacial score (nSPS) is 12.6. The van der Waals surface area contributed by atoms with E-state index < -0.39 is 0 Å². The highest BCUT2D eigenvalue weighted by Gasteiger charge is 2.43. The van der Waals surface area contributed by atoms with Crippen LogP contribution in [0, 0.1) is 0 Å². The molecule has 53 heavy (non-hydrogen) atoms. The molecule has 0 atom stereocenters. The zero-order valence-corrected chi connectivity index (χ0v) is 31.7. The van der Waals surface area contributed by atoms with Crippen molar-refractivity contribution >= 4 is 40.2 Å². The third-order valence-corrected chi connectivity index (χ3v) is 11.2. The van der Waals surface area contributed by atoms with Gasteiger partial charge in [-0.1, -0.05) is 157 Å². The number of hydrogen-bond acceptors (Lipinski definition) is 2. The molecular weight excluding hydrogens is 641 g/mol. The molecule has 0 N–H and O–H groups in total. The molecule has 1 aliphatic carbocycles. The summed E-state index contributed by atoms with van der Waals surface area (Å²) in [4.78, 5) is 4.85. The minimum absolute atomic E-state index is 0.0771. The Balaban J connectivity index is 1.41. The van der Waals surface area contributed by atoms with Crippen molar-refractivity contribution in [2.24, 2.45) is 0 Å². The summed E-state index contributed by atoms with van der Waals surface area (Å²) in [6, 6.07) is 55.9. The van der Waals surface area contributed by atoms with Gasteiger partial charge in [-0.2, -0.15) is 0 Å². The van der Waals surface area contributed by atoms with Gasteiger partial charge in [0.05, 0.1) is 0 Å². The fourth-order valence-electron chi connectivity index (χ4n) is 8.51. The Kier molecular flexibility index (Phi) is 11.6. The molecule has 0 unspecified atom stereocenters. The maximum atomic E-state index is 4.00. The number of hydrogen-bond donors (Lipinski definition) is 0. The van der Waals surface area contributed by atoms with Gasteiger partial charge in [0.2, 0.25) is 0 Å². The fourth-order valence-corrected chi connectivity index (χ4v) is 8.51. The van der Waals surface area contributed by atoms with E-state index in [0.717, 1.165) is 29.8 Å². The Hall–Kier alpha value is -5.34. The van der Waals surface area contributed by atoms with Crippen molar-refractivity contribution in [2.45, 2.75) is 83.5 Å². The number of fused-ring (bicyclic) bond motifs is 3. The van der Waals surface area contributed by atoms with Crippen LogP contribution in [-0.4, -0.2) is 0 Å². The highest BCUT2D eigenvalue weighted by atomic mass is 15.1. The van der Waals surface area contributed by atoms with Crippen LogP contribution >= 0.6 is 0 Å². The van der Waals surface area contributed by atoms with Crippen molar-refractivity contribution < 1.29 is 0 Å². The Bertz CT molecular complexity index is 2010. The molecule has 0 amide bonds. The molecule has 0 radical (unpaired) electrons. The van der Waals surface area contributed by atoms with Gasteiger partial charge in [-0.25, -0.2) is 0 Å². The fraction of sp³-hybridized carbons (Fsp3) is 0.255. The zero-order valence-electron chi connectivity index (χ0n) is 31.7. The van der Waals surface area contributed by atoms with E-state index in [4.69, 9.17) is 0 Å². The van der Waals surface area contributed by atoms with E-state index in [1.807, 2.05) is 6.08 Å². The molecule has 6 aromatic carbocycles. The SMILES string of the molecule is C=Cc1ccc(N(c2ccccc2)c2ccc3c(c2)C(CCCCCC)(CCCCCC)c2cc(N(c4ccccc4)c4ccccc4)ccc2-3)cc1. The Morgan fingerprint density at radius 1 is 0.434 bits per heavy atom. The van der Waals surface area contributed by atoms with Crippen LogP contribution in [0.2, 0.25) is 0 Å². The molecule has 0 aromatic heterocycles. The second-order valence-electron chi connectivity index (χ2n) is 14.6. The molecule has 0 fully saturated rings. The lowest BCUT2D eigenvalue weighted by Crippen LogP contribution is -2.26. The number of nitrogens with zero attached hydrogens (tertiary/aromatic N) is 2. The summed E-state index contributed by atoms with van der Waals surface area (Å²) in [5.74, 6) is 0. The minimum atomic E-state index is -0.0771. The molecule has 2 heteroatoms. The monoisotopic (exact) mass is 694 g/mol. The van der Waals surface area contributed by atoms with Gasteiger partial charge in [-0.15, -0.1) is 0 Å². The summed E-state index contributed by atoms with van der Waals surface area (Å²) in [7, 11) is 0. The average molecular weight is 695 g/mol. The third-order valence-electron chi connectivity index (χ3n) is 11.2. The summed E-state index contributed by atoms with van der Waals surface area (Å²) >= 11 is 0. The molecule has 0 heterocycles. The number of benzene rings is 6. The van der Waals surface area contributed by atoms with Crippen molar-refractivity contribution in [1.82, 2.24) is 0 Å². The first-order chi connectivity index (χ1) is 26.2. The smallest absolute Gasteiger partial charge is 0.0465 e. The maximum Gasteiger partial charge on any atom is 0.0465 e. The molecule has 0 saturated heterocycles. The van der Waals surface area contributed by atoms with Crippen LogP contribution in [0.3, 0.4) is 0 Å². The predicted molar refractivity (Wildman–Crippen MR) is 230 cm³/mol. The first kappa shape index (κ1) is 36.0. The van der Waals surface area contributed by atoms with Crippen molar-refractivity contribution in [3.05, 3.63) is 175 Å². The van der Waals surface area contributed by atoms with E-state index in [1.165, 1.54) is 96.4 Å². The molecule has 0 saturated carbocycles. The lowest BCUT2D eigenvalue weighted by atomic mass is 9.70. The number of unbranched alkanes of at least 4 members (excludes halogenated alkanes) is 6. The van der Waals surface area contributed by atoms with Crippen molar-refractivity contribution in [3.63, 3.8) is 0 Å². The van der Waals surface area contributed by atoms with Gasteiger partial charge >= 0.3 is 0 Å². The van der Waals surface area contributed by atoms with Gasteiger partial charge in [0, 0.05) is 39.5 Å². The van der Waals surface area contributed by atoms with Gasteiger partial charge in [0.1, 0.15) is 0 Å². The van der Waals surface area contributed by atoms with E-state index in [-0.39, 0.29) is 5.41 Å². The second-order valence-corrected chi connectivity index (χ2v) is 14.6. The highest BCUT2D eigenvalue weighted by Crippen LogP contribution is 2.57. The van der Waals surface area contributed by atoms with E-state index in [0.29, 0.717) is 0 Å². The molecular formula is C51H54N2. The summed E-state index contributed by atoms with van der Waals surface area (Å²) in [6.07, 6.45) is 14.3. The van der Waals surface area contributed by atoms with Crippen LogP contribution in [0.25, 0.3) is 17.2 Å². The number of para-hydroxylation sites is 3. The average Bonchev–Trinajstić information content (AvgIpc) is 3.48. The number of rotatable bonds is 17. The summed E-state index contributed by atoms with van der Waals surface area (Å²) in [5, 5.41) is 0. The molecule has 0 spiro atoms. The van der Waals surface area contributed by atoms with E-state index >= 15 is 0 Å². The molecule has 268 valence electrons. The first-order valence-corrected chi connectivity index (χ1v) is 19.9. The topological polar surface area (TPSA) is 6.48 Å². The molecule has 2 nitrogen and oxygen atoms in total. The predicted octanol–water partition coefficient (Wildman–Crippen LogP) is 15.5. The van der Waals surface area contributed by atoms with E-state index in [2.05, 4.69) is 182 Å². The standard InChI is InChI=1S/C51H54N2/c1-4-7-9-20-36-51(37-21-10-8-5-2)49-38-45(52(41-22-14-11-15-23-41)42-24-16-12-17-25-42)32-34-47(49)48-35-33-46(39-50(48)51)53(43-26-18-13-19-27-43)44-30-28-40(6-3)29-31-44/h6,11-19,22-35,38-39H,3-5,7-10,20-21,36-37H2,1-2H3. The van der Waals surface area contributed by atoms with E-state index in [9.17, 15) is 0 Å². The third kappa shape index (κ3) is 7.60. The molecule has 7 rings (SSSR count). The van der Waals surface area contributed by atoms with Crippen molar-refractivity contribution in [3.8, 4) is 11.1 Å². The second kappa shape index (κ2) is 17.0. The van der Waals surface area contributed by atoms with Crippen LogP contribution in [-0.2, 0) is 5.41 Å². The van der Waals surface area contributed by atoms with Gasteiger partial charge < -0.3 is 9.80 Å². The van der Waals surface area contributed by atoms with E-state index in [1.54, 1.807) is 0 Å². The number of anilines is 6. The Morgan fingerprint density at radius 3 is 1.19 bits per heavy atom. The summed E-state index contributed by atoms with van der Waals surface area (Å²) in [5.41, 5.74) is 13.9. The van der Waals surface area contributed by atoms with Crippen molar-refractivity contribution in [2.75, 3.05) is 9.80 Å². The maximum absolute atomic E-state index is 4.00. The van der Waals surface area contributed by atoms with Crippen LogP contribution in [0.4, 0.5) is 34.1 Å². The van der Waals surface area contributed by atoms with Crippen molar-refractivity contribution in [1.29, 1.82) is 0 Å². The van der Waals surface area contributed by atoms with Crippen LogP contribution < -0.4 is 9.80 Å². The molecule has 0 bridgehead atoms. The molecule has 1 aliphatic rings. The lowest BCUT2D eigenvalue weighted by molar-refractivity contribution is 0.401.